The lowest BCUT2D eigenvalue weighted by Crippen LogP contribution is -2.37. The molecule has 1 aliphatic heterocycles. The molecule has 1 amide bonds. The first kappa shape index (κ1) is 17.2. The molecule has 3 rings (SSSR count). The maximum Gasteiger partial charge on any atom is 0.336 e. The van der Waals surface area contributed by atoms with Crippen molar-refractivity contribution in [1.82, 2.24) is 14.8 Å². The van der Waals surface area contributed by atoms with Gasteiger partial charge in [0.25, 0.3) is 5.91 Å². The third kappa shape index (κ3) is 4.07. The molecule has 7 nitrogen and oxygen atoms in total. The van der Waals surface area contributed by atoms with E-state index in [4.69, 9.17) is 0 Å². The zero-order valence-corrected chi connectivity index (χ0v) is 13.8. The minimum Gasteiger partial charge on any atom is -0.478 e. The van der Waals surface area contributed by atoms with Crippen LogP contribution in [0.5, 0.6) is 0 Å². The summed E-state index contributed by atoms with van der Waals surface area (Å²) >= 11 is 0. The molecule has 0 unspecified atom stereocenters. The van der Waals surface area contributed by atoms with Crippen molar-refractivity contribution in [1.29, 1.82) is 0 Å². The Kier molecular flexibility index (Phi) is 5.16. The Balaban J connectivity index is 1.70. The van der Waals surface area contributed by atoms with E-state index in [0.717, 1.165) is 0 Å². The minimum atomic E-state index is -0.963. The third-order valence-electron chi connectivity index (χ3n) is 4.36. The maximum atomic E-state index is 12.5. The second kappa shape index (κ2) is 7.50. The van der Waals surface area contributed by atoms with E-state index in [-0.39, 0.29) is 18.0 Å². The van der Waals surface area contributed by atoms with E-state index >= 15 is 0 Å². The number of aromatic carboxylic acids is 1. The fraction of sp³-hybridized carbons (Fsp3) is 0.333. The van der Waals surface area contributed by atoms with E-state index in [9.17, 15) is 19.8 Å². The number of nitrogens with one attached hydrogen (secondary N) is 1. The van der Waals surface area contributed by atoms with Crippen molar-refractivity contribution in [3.63, 3.8) is 0 Å². The molecule has 1 saturated heterocycles. The second-order valence-corrected chi connectivity index (χ2v) is 6.20. The molecule has 0 spiro atoms. The van der Waals surface area contributed by atoms with Crippen LogP contribution in [0.25, 0.3) is 0 Å². The van der Waals surface area contributed by atoms with Gasteiger partial charge in [-0.2, -0.15) is 0 Å². The smallest absolute Gasteiger partial charge is 0.336 e. The quantitative estimate of drug-likeness (QED) is 0.770. The minimum absolute atomic E-state index is 0.118. The average molecular weight is 343 g/mol. The van der Waals surface area contributed by atoms with Crippen molar-refractivity contribution in [2.45, 2.75) is 12.6 Å². The number of rotatable bonds is 4. The van der Waals surface area contributed by atoms with E-state index in [1.807, 2.05) is 4.90 Å². The number of amides is 1. The Morgan fingerprint density at radius 3 is 2.68 bits per heavy atom. The molecule has 0 radical (unpaired) electrons. The van der Waals surface area contributed by atoms with E-state index in [2.05, 4.69) is 4.98 Å². The highest BCUT2D eigenvalue weighted by molar-refractivity contribution is 5.94. The lowest BCUT2D eigenvalue weighted by molar-refractivity contribution is 0.0659. The van der Waals surface area contributed by atoms with Crippen LogP contribution in [-0.2, 0) is 6.54 Å². The number of nitrogens with zero attached hydrogens (tertiary/aromatic N) is 2. The lowest BCUT2D eigenvalue weighted by Gasteiger charge is -2.22. The van der Waals surface area contributed by atoms with Gasteiger partial charge in [0.05, 0.1) is 17.2 Å². The Morgan fingerprint density at radius 1 is 1.16 bits per heavy atom. The summed E-state index contributed by atoms with van der Waals surface area (Å²) in [5, 5.41) is 19.6. The summed E-state index contributed by atoms with van der Waals surface area (Å²) in [6.45, 7) is 2.13. The highest BCUT2D eigenvalue weighted by atomic mass is 16.4. The number of benzene rings is 1. The van der Waals surface area contributed by atoms with Gasteiger partial charge in [0.15, 0.2) is 0 Å². The van der Waals surface area contributed by atoms with E-state index in [1.54, 1.807) is 47.6 Å². The predicted octanol–water partition coefficient (Wildman–Crippen LogP) is 1.03. The number of hydrogen-bond acceptors (Lipinski definition) is 4. The van der Waals surface area contributed by atoms with E-state index in [0.29, 0.717) is 37.3 Å². The number of carboxylic acid groups (broad SMARTS) is 1. The summed E-state index contributed by atoms with van der Waals surface area (Å²) < 4.78 is 0. The zero-order chi connectivity index (χ0) is 17.8. The molecule has 1 fully saturated rings. The second-order valence-electron chi connectivity index (χ2n) is 6.20. The van der Waals surface area contributed by atoms with Crippen LogP contribution in [0.1, 0.15) is 26.3 Å². The molecule has 0 aliphatic carbocycles. The van der Waals surface area contributed by atoms with Gasteiger partial charge in [-0.15, -0.1) is 0 Å². The molecule has 2 aromatic rings. The van der Waals surface area contributed by atoms with Crippen LogP contribution < -0.4 is 0 Å². The summed E-state index contributed by atoms with van der Waals surface area (Å²) in [7, 11) is 0. The molecule has 7 heteroatoms. The highest BCUT2D eigenvalue weighted by Gasteiger charge is 2.26. The normalized spacial score (nSPS) is 18.8. The van der Waals surface area contributed by atoms with Crippen molar-refractivity contribution in [2.24, 2.45) is 0 Å². The topological polar surface area (TPSA) is 96.9 Å². The van der Waals surface area contributed by atoms with Crippen LogP contribution in [0, 0.1) is 0 Å². The van der Waals surface area contributed by atoms with Gasteiger partial charge >= 0.3 is 5.97 Å². The number of H-pyrrole nitrogens is 1. The monoisotopic (exact) mass is 343 g/mol. The molecule has 1 aliphatic rings. The van der Waals surface area contributed by atoms with Crippen molar-refractivity contribution < 1.29 is 19.8 Å². The van der Waals surface area contributed by atoms with Crippen molar-refractivity contribution >= 4 is 11.9 Å². The molecule has 3 N–H and O–H groups in total. The molecule has 1 aromatic heterocycles. The lowest BCUT2D eigenvalue weighted by atomic mass is 10.1. The summed E-state index contributed by atoms with van der Waals surface area (Å²) in [4.78, 5) is 30.3. The molecular formula is C18H21N3O4. The molecular weight excluding hydrogens is 322 g/mol. The van der Waals surface area contributed by atoms with E-state index < -0.39 is 12.1 Å². The summed E-state index contributed by atoms with van der Waals surface area (Å²) in [6.07, 6.45) is 2.65. The summed E-state index contributed by atoms with van der Waals surface area (Å²) in [5.41, 5.74) is 1.53. The summed E-state index contributed by atoms with van der Waals surface area (Å²) in [5.74, 6) is -1.08. The van der Waals surface area contributed by atoms with Crippen molar-refractivity contribution in [2.75, 3.05) is 26.2 Å². The van der Waals surface area contributed by atoms with Gasteiger partial charge in [-0.3, -0.25) is 9.69 Å². The highest BCUT2D eigenvalue weighted by Crippen LogP contribution is 2.15. The number of aromatic amines is 1. The van der Waals surface area contributed by atoms with Crippen LogP contribution >= 0.6 is 0 Å². The number of aliphatic hydroxyl groups is 1. The maximum absolute atomic E-state index is 12.5. The largest absolute Gasteiger partial charge is 0.478 e. The molecule has 25 heavy (non-hydrogen) atoms. The van der Waals surface area contributed by atoms with Crippen molar-refractivity contribution in [3.8, 4) is 0 Å². The molecule has 132 valence electrons. The van der Waals surface area contributed by atoms with E-state index in [1.165, 1.54) is 0 Å². The summed E-state index contributed by atoms with van der Waals surface area (Å²) in [6, 6.07) is 8.57. The number of carbonyl (C=O) groups excluding carboxylic acids is 1. The van der Waals surface area contributed by atoms with Crippen LogP contribution in [0.3, 0.4) is 0 Å². The standard InChI is InChI=1S/C18H21N3O4/c22-15-11-20(10-14-3-1-2-4-16(14)18(24)25)7-8-21(12-15)17(23)13-5-6-19-9-13/h1-6,9,15,19,22H,7-8,10-12H2,(H,24,25)/t15-/m0/s1. The van der Waals surface area contributed by atoms with Crippen LogP contribution in [0.2, 0.25) is 0 Å². The molecule has 0 saturated carbocycles. The number of carboxylic acids is 1. The van der Waals surface area contributed by atoms with Gasteiger partial charge in [-0.05, 0) is 17.7 Å². The van der Waals surface area contributed by atoms with Crippen molar-refractivity contribution in [3.05, 3.63) is 59.4 Å². The van der Waals surface area contributed by atoms with Gasteiger partial charge in [0.1, 0.15) is 0 Å². The van der Waals surface area contributed by atoms with Crippen LogP contribution in [0.4, 0.5) is 0 Å². The number of aromatic nitrogens is 1. The third-order valence-corrected chi connectivity index (χ3v) is 4.36. The van der Waals surface area contributed by atoms with Crippen LogP contribution in [-0.4, -0.2) is 69.2 Å². The van der Waals surface area contributed by atoms with Gasteiger partial charge in [0, 0.05) is 45.1 Å². The first-order chi connectivity index (χ1) is 12.0. The predicted molar refractivity (Wildman–Crippen MR) is 91.4 cm³/mol. The molecule has 1 aromatic carbocycles. The number of carbonyl (C=O) groups is 2. The Morgan fingerprint density at radius 2 is 1.96 bits per heavy atom. The SMILES string of the molecule is O=C(O)c1ccccc1CN1CCN(C(=O)c2cc[nH]c2)C[C@@H](O)C1. The molecule has 1 atom stereocenters. The number of hydrogen-bond donors (Lipinski definition) is 3. The first-order valence-electron chi connectivity index (χ1n) is 8.18. The Bertz CT molecular complexity index is 745. The first-order valence-corrected chi connectivity index (χ1v) is 8.18. The average Bonchev–Trinajstić information content (AvgIpc) is 3.06. The number of β-amino-alcohol motifs (C(OH)–C–C–N with tert-alkyl or cyclic N) is 1. The zero-order valence-electron chi connectivity index (χ0n) is 13.8. The van der Waals surface area contributed by atoms with Crippen LogP contribution in [0.15, 0.2) is 42.7 Å². The Hall–Kier alpha value is -2.64. The molecule has 2 heterocycles. The van der Waals surface area contributed by atoms with Gasteiger partial charge < -0.3 is 20.1 Å². The van der Waals surface area contributed by atoms with Gasteiger partial charge in [0.2, 0.25) is 0 Å². The van der Waals surface area contributed by atoms with Gasteiger partial charge in [-0.1, -0.05) is 18.2 Å². The molecule has 0 bridgehead atoms. The van der Waals surface area contributed by atoms with Gasteiger partial charge in [-0.25, -0.2) is 4.79 Å². The Labute approximate surface area is 145 Å². The fourth-order valence-corrected chi connectivity index (χ4v) is 3.13. The fourth-order valence-electron chi connectivity index (χ4n) is 3.13. The number of aliphatic hydroxyl groups excluding tert-OH is 1.